The highest BCUT2D eigenvalue weighted by atomic mass is 16.3. The van der Waals surface area contributed by atoms with Gasteiger partial charge < -0.3 is 9.32 Å². The van der Waals surface area contributed by atoms with Crippen LogP contribution in [0, 0.1) is 13.8 Å². The second kappa shape index (κ2) is 6.69. The summed E-state index contributed by atoms with van der Waals surface area (Å²) in [6, 6.07) is 9.57. The van der Waals surface area contributed by atoms with E-state index in [2.05, 4.69) is 10.1 Å². The van der Waals surface area contributed by atoms with Crippen LogP contribution >= 0.6 is 0 Å². The van der Waals surface area contributed by atoms with Gasteiger partial charge in [0, 0.05) is 30.4 Å². The Kier molecular flexibility index (Phi) is 4.09. The van der Waals surface area contributed by atoms with E-state index in [0.717, 1.165) is 24.1 Å². The number of carbonyl (C=O) groups excluding carboxylic acids is 1. The zero-order valence-corrected chi connectivity index (χ0v) is 16.6. The van der Waals surface area contributed by atoms with Crippen molar-refractivity contribution in [2.75, 3.05) is 6.54 Å². The summed E-state index contributed by atoms with van der Waals surface area (Å²) in [6.45, 7) is 4.20. The molecular formula is C22H20N4O4. The monoisotopic (exact) mass is 404 g/mol. The molecule has 0 spiro atoms. The lowest BCUT2D eigenvalue weighted by Crippen LogP contribution is -2.31. The number of benzene rings is 1. The molecule has 1 aromatic carbocycles. The molecule has 1 fully saturated rings. The van der Waals surface area contributed by atoms with E-state index in [1.165, 1.54) is 16.6 Å². The third kappa shape index (κ3) is 2.92. The Morgan fingerprint density at radius 1 is 1.17 bits per heavy atom. The molecule has 0 aliphatic carbocycles. The highest BCUT2D eigenvalue weighted by Gasteiger charge is 2.33. The number of aromatic nitrogens is 3. The standard InChI is InChI=1S/C22H20N4O4/c1-12-5-6-18-14(8-12)17(27)11-19(30-18)22(29)25-7-3-4-16(25)15-10-20-23-13(2)9-21(28)26(20)24-15/h5-6,8-11,16,24H,3-4,7H2,1-2H3. The van der Waals surface area contributed by atoms with E-state index in [4.69, 9.17) is 4.42 Å². The predicted molar refractivity (Wildman–Crippen MR) is 111 cm³/mol. The van der Waals surface area contributed by atoms with E-state index in [0.29, 0.717) is 28.9 Å². The summed E-state index contributed by atoms with van der Waals surface area (Å²) >= 11 is 0. The van der Waals surface area contributed by atoms with Crippen LogP contribution < -0.4 is 11.0 Å². The van der Waals surface area contributed by atoms with Gasteiger partial charge in [0.1, 0.15) is 5.58 Å². The first-order chi connectivity index (χ1) is 14.4. The fraction of sp³-hybridized carbons (Fsp3) is 0.273. The number of hydrogen-bond donors (Lipinski definition) is 1. The molecule has 152 valence electrons. The van der Waals surface area contributed by atoms with Crippen LogP contribution in [0.3, 0.4) is 0 Å². The second-order valence-corrected chi connectivity index (χ2v) is 7.77. The molecule has 8 heteroatoms. The van der Waals surface area contributed by atoms with Crippen molar-refractivity contribution in [3.63, 3.8) is 0 Å². The summed E-state index contributed by atoms with van der Waals surface area (Å²) in [5, 5.41) is 3.53. The molecule has 1 N–H and O–H groups in total. The summed E-state index contributed by atoms with van der Waals surface area (Å²) in [5.74, 6) is -0.322. The molecule has 1 saturated heterocycles. The quantitative estimate of drug-likeness (QED) is 0.554. The summed E-state index contributed by atoms with van der Waals surface area (Å²) in [7, 11) is 0. The Hall–Kier alpha value is -3.68. The Bertz CT molecular complexity index is 1430. The van der Waals surface area contributed by atoms with E-state index < -0.39 is 0 Å². The van der Waals surface area contributed by atoms with Gasteiger partial charge in [-0.15, -0.1) is 0 Å². The number of H-pyrrole nitrogens is 1. The number of carbonyl (C=O) groups is 1. The molecule has 30 heavy (non-hydrogen) atoms. The molecule has 1 unspecified atom stereocenters. The average Bonchev–Trinajstić information content (AvgIpc) is 3.34. The van der Waals surface area contributed by atoms with E-state index in [1.54, 1.807) is 30.0 Å². The van der Waals surface area contributed by atoms with E-state index in [-0.39, 0.29) is 28.7 Å². The van der Waals surface area contributed by atoms with Crippen LogP contribution in [-0.2, 0) is 0 Å². The molecule has 3 aromatic heterocycles. The van der Waals surface area contributed by atoms with Crippen molar-refractivity contribution in [2.24, 2.45) is 0 Å². The number of amides is 1. The van der Waals surface area contributed by atoms with Gasteiger partial charge in [0.2, 0.25) is 0 Å². The van der Waals surface area contributed by atoms with Gasteiger partial charge in [-0.2, -0.15) is 0 Å². The fourth-order valence-corrected chi connectivity index (χ4v) is 4.15. The lowest BCUT2D eigenvalue weighted by molar-refractivity contribution is 0.0701. The van der Waals surface area contributed by atoms with Crippen molar-refractivity contribution < 1.29 is 9.21 Å². The number of aromatic amines is 1. The van der Waals surface area contributed by atoms with Gasteiger partial charge in [0.25, 0.3) is 11.5 Å². The van der Waals surface area contributed by atoms with Crippen LogP contribution in [0.4, 0.5) is 0 Å². The molecule has 0 radical (unpaired) electrons. The summed E-state index contributed by atoms with van der Waals surface area (Å²) in [4.78, 5) is 44.0. The zero-order chi connectivity index (χ0) is 21.0. The first-order valence-electron chi connectivity index (χ1n) is 9.85. The molecule has 1 aliphatic rings. The molecule has 0 saturated carbocycles. The number of fused-ring (bicyclic) bond motifs is 2. The molecule has 0 bridgehead atoms. The van der Waals surface area contributed by atoms with E-state index in [9.17, 15) is 14.4 Å². The van der Waals surface area contributed by atoms with Crippen molar-refractivity contribution in [1.29, 1.82) is 0 Å². The van der Waals surface area contributed by atoms with Gasteiger partial charge in [-0.05, 0) is 38.8 Å². The highest BCUT2D eigenvalue weighted by Crippen LogP contribution is 2.32. The van der Waals surface area contributed by atoms with Crippen LogP contribution in [0.5, 0.6) is 0 Å². The second-order valence-electron chi connectivity index (χ2n) is 7.77. The third-order valence-electron chi connectivity index (χ3n) is 5.56. The SMILES string of the molecule is Cc1ccc2oc(C(=O)N3CCCC3c3cc4nc(C)cc(=O)n4[nH]3)cc(=O)c2c1. The third-order valence-corrected chi connectivity index (χ3v) is 5.56. The van der Waals surface area contributed by atoms with Crippen LogP contribution in [-0.4, -0.2) is 31.9 Å². The summed E-state index contributed by atoms with van der Waals surface area (Å²) in [6.07, 6.45) is 1.55. The van der Waals surface area contributed by atoms with Crippen molar-refractivity contribution in [2.45, 2.75) is 32.7 Å². The maximum absolute atomic E-state index is 13.2. The molecule has 1 amide bonds. The van der Waals surface area contributed by atoms with Crippen LogP contribution in [0.2, 0.25) is 0 Å². The smallest absolute Gasteiger partial charge is 0.290 e. The maximum atomic E-state index is 13.2. The van der Waals surface area contributed by atoms with Crippen molar-refractivity contribution >= 4 is 22.5 Å². The Morgan fingerprint density at radius 2 is 2.00 bits per heavy atom. The van der Waals surface area contributed by atoms with Gasteiger partial charge >= 0.3 is 0 Å². The molecule has 1 atom stereocenters. The number of hydrogen-bond acceptors (Lipinski definition) is 5. The largest absolute Gasteiger partial charge is 0.451 e. The lowest BCUT2D eigenvalue weighted by atomic mass is 10.1. The van der Waals surface area contributed by atoms with Crippen molar-refractivity contribution in [3.8, 4) is 0 Å². The van der Waals surface area contributed by atoms with E-state index in [1.807, 2.05) is 13.0 Å². The first-order valence-corrected chi connectivity index (χ1v) is 9.85. The molecule has 4 heterocycles. The minimum absolute atomic E-state index is 0.0190. The molecular weight excluding hydrogens is 384 g/mol. The van der Waals surface area contributed by atoms with Gasteiger partial charge in [-0.1, -0.05) is 11.6 Å². The highest BCUT2D eigenvalue weighted by molar-refractivity contribution is 5.93. The predicted octanol–water partition coefficient (Wildman–Crippen LogP) is 2.72. The molecule has 5 rings (SSSR count). The molecule has 8 nitrogen and oxygen atoms in total. The number of aryl methyl sites for hydroxylation is 2. The zero-order valence-electron chi connectivity index (χ0n) is 16.6. The van der Waals surface area contributed by atoms with Gasteiger partial charge in [0.05, 0.1) is 17.1 Å². The molecule has 4 aromatic rings. The normalized spacial score (nSPS) is 16.6. The Labute approximate surface area is 170 Å². The average molecular weight is 404 g/mol. The minimum Gasteiger partial charge on any atom is -0.451 e. The van der Waals surface area contributed by atoms with Crippen molar-refractivity contribution in [1.82, 2.24) is 19.5 Å². The Balaban J connectivity index is 1.54. The number of likely N-dealkylation sites (tertiary alicyclic amines) is 1. The number of nitrogens with one attached hydrogen (secondary N) is 1. The van der Waals surface area contributed by atoms with Crippen LogP contribution in [0.15, 0.2) is 50.4 Å². The van der Waals surface area contributed by atoms with Crippen LogP contribution in [0.25, 0.3) is 16.6 Å². The van der Waals surface area contributed by atoms with Crippen LogP contribution in [0.1, 0.15) is 46.4 Å². The van der Waals surface area contributed by atoms with Gasteiger partial charge in [-0.25, -0.2) is 9.50 Å². The van der Waals surface area contributed by atoms with Crippen molar-refractivity contribution in [3.05, 3.63) is 79.7 Å². The van der Waals surface area contributed by atoms with Gasteiger partial charge in [0.15, 0.2) is 16.8 Å². The number of rotatable bonds is 2. The van der Waals surface area contributed by atoms with Gasteiger partial charge in [-0.3, -0.25) is 19.5 Å². The Morgan fingerprint density at radius 3 is 2.83 bits per heavy atom. The minimum atomic E-state index is -0.341. The lowest BCUT2D eigenvalue weighted by Gasteiger charge is -2.23. The number of nitrogens with zero attached hydrogens (tertiary/aromatic N) is 3. The summed E-state index contributed by atoms with van der Waals surface area (Å²) in [5.41, 5.74) is 2.79. The topological polar surface area (TPSA) is 101 Å². The summed E-state index contributed by atoms with van der Waals surface area (Å²) < 4.78 is 7.16. The maximum Gasteiger partial charge on any atom is 0.290 e. The van der Waals surface area contributed by atoms with E-state index >= 15 is 0 Å². The molecule has 1 aliphatic heterocycles. The first kappa shape index (κ1) is 18.4. The fourth-order valence-electron chi connectivity index (χ4n) is 4.15.